The Kier molecular flexibility index (Phi) is 5.21. The van der Waals surface area contributed by atoms with Gasteiger partial charge in [-0.15, -0.1) is 10.2 Å². The van der Waals surface area contributed by atoms with E-state index in [1.165, 1.54) is 0 Å². The average Bonchev–Trinajstić information content (AvgIpc) is 3.01. The monoisotopic (exact) mass is 373 g/mol. The van der Waals surface area contributed by atoms with E-state index < -0.39 is 0 Å². The number of nitrogens with zero attached hydrogens (tertiary/aromatic N) is 3. The molecule has 25 heavy (non-hydrogen) atoms. The Bertz CT molecular complexity index is 884. The summed E-state index contributed by atoms with van der Waals surface area (Å²) in [5, 5.41) is 9.65. The summed E-state index contributed by atoms with van der Waals surface area (Å²) in [5.74, 6) is 1.06. The van der Waals surface area contributed by atoms with Crippen LogP contribution in [0.2, 0.25) is 10.0 Å². The van der Waals surface area contributed by atoms with Crippen LogP contribution < -0.4 is 0 Å². The number of benzene rings is 2. The standard InChI is InChI=1S/C19H17Cl2N3O/c1-12(2)18-22-23-19(17(25)14-5-9-16(21)10-6-14)24(18)11-13-3-7-15(20)8-4-13/h3-10,12H,11H2,1-2H3. The molecule has 3 aromatic rings. The zero-order valence-corrected chi connectivity index (χ0v) is 15.4. The number of aromatic nitrogens is 3. The molecule has 4 nitrogen and oxygen atoms in total. The highest BCUT2D eigenvalue weighted by atomic mass is 35.5. The molecule has 6 heteroatoms. The maximum Gasteiger partial charge on any atom is 0.230 e. The molecule has 0 saturated carbocycles. The molecular formula is C19H17Cl2N3O. The fourth-order valence-corrected chi connectivity index (χ4v) is 2.82. The quantitative estimate of drug-likeness (QED) is 0.592. The van der Waals surface area contributed by atoms with Crippen LogP contribution in [0.1, 0.15) is 47.3 Å². The minimum Gasteiger partial charge on any atom is -0.303 e. The van der Waals surface area contributed by atoms with Crippen molar-refractivity contribution in [2.75, 3.05) is 0 Å². The molecular weight excluding hydrogens is 357 g/mol. The molecule has 1 heterocycles. The molecule has 0 N–H and O–H groups in total. The second-order valence-electron chi connectivity index (χ2n) is 6.09. The van der Waals surface area contributed by atoms with Gasteiger partial charge in [-0.2, -0.15) is 0 Å². The predicted octanol–water partition coefficient (Wildman–Crippen LogP) is 4.99. The first-order valence-corrected chi connectivity index (χ1v) is 8.69. The molecule has 0 amide bonds. The number of halogens is 2. The Morgan fingerprint density at radius 2 is 1.52 bits per heavy atom. The summed E-state index contributed by atoms with van der Waals surface area (Å²) in [6.45, 7) is 4.56. The molecule has 0 aliphatic heterocycles. The molecule has 0 aliphatic carbocycles. The largest absolute Gasteiger partial charge is 0.303 e. The number of rotatable bonds is 5. The lowest BCUT2D eigenvalue weighted by atomic mass is 10.1. The second-order valence-corrected chi connectivity index (χ2v) is 6.96. The lowest BCUT2D eigenvalue weighted by molar-refractivity contribution is 0.102. The number of carbonyl (C=O) groups is 1. The summed E-state index contributed by atoms with van der Waals surface area (Å²) < 4.78 is 1.87. The van der Waals surface area contributed by atoms with Crippen LogP contribution in [0, 0.1) is 0 Å². The molecule has 3 rings (SSSR count). The van der Waals surface area contributed by atoms with Crippen molar-refractivity contribution in [3.05, 3.63) is 81.4 Å². The highest BCUT2D eigenvalue weighted by Gasteiger charge is 2.21. The Hall–Kier alpha value is -2.17. The van der Waals surface area contributed by atoms with Crippen molar-refractivity contribution in [1.29, 1.82) is 0 Å². The van der Waals surface area contributed by atoms with Crippen molar-refractivity contribution in [3.63, 3.8) is 0 Å². The van der Waals surface area contributed by atoms with Gasteiger partial charge in [-0.1, -0.05) is 49.2 Å². The van der Waals surface area contributed by atoms with E-state index >= 15 is 0 Å². The van der Waals surface area contributed by atoms with Gasteiger partial charge in [0.25, 0.3) is 0 Å². The Labute approximate surface area is 156 Å². The van der Waals surface area contributed by atoms with Crippen molar-refractivity contribution in [1.82, 2.24) is 14.8 Å². The first kappa shape index (κ1) is 17.6. The molecule has 0 aliphatic rings. The molecule has 0 fully saturated rings. The Morgan fingerprint density at radius 1 is 0.960 bits per heavy atom. The first-order valence-electron chi connectivity index (χ1n) is 7.93. The van der Waals surface area contributed by atoms with Crippen LogP contribution in [0.5, 0.6) is 0 Å². The maximum absolute atomic E-state index is 12.9. The fraction of sp³-hybridized carbons (Fsp3) is 0.211. The second kappa shape index (κ2) is 7.38. The fourth-order valence-electron chi connectivity index (χ4n) is 2.57. The molecule has 1 aromatic heterocycles. The van der Waals surface area contributed by atoms with Crippen LogP contribution in [0.25, 0.3) is 0 Å². The lowest BCUT2D eigenvalue weighted by Gasteiger charge is -2.12. The lowest BCUT2D eigenvalue weighted by Crippen LogP contribution is -2.15. The van der Waals surface area contributed by atoms with E-state index in [-0.39, 0.29) is 11.7 Å². The van der Waals surface area contributed by atoms with Crippen LogP contribution in [0.15, 0.2) is 48.5 Å². The molecule has 0 saturated heterocycles. The summed E-state index contributed by atoms with van der Waals surface area (Å²) in [5.41, 5.74) is 1.56. The molecule has 128 valence electrons. The topological polar surface area (TPSA) is 47.8 Å². The minimum absolute atomic E-state index is 0.145. The van der Waals surface area contributed by atoms with Crippen LogP contribution in [0.3, 0.4) is 0 Å². The number of hydrogen-bond donors (Lipinski definition) is 0. The van der Waals surface area contributed by atoms with Gasteiger partial charge in [0.15, 0.2) is 0 Å². The minimum atomic E-state index is -0.176. The predicted molar refractivity (Wildman–Crippen MR) is 99.5 cm³/mol. The third-order valence-corrected chi connectivity index (χ3v) is 4.36. The molecule has 0 bridgehead atoms. The summed E-state index contributed by atoms with van der Waals surface area (Å²) in [7, 11) is 0. The van der Waals surface area contributed by atoms with Crippen LogP contribution in [0.4, 0.5) is 0 Å². The molecule has 0 radical (unpaired) electrons. The molecule has 0 spiro atoms. The van der Waals surface area contributed by atoms with Crippen LogP contribution >= 0.6 is 23.2 Å². The van der Waals surface area contributed by atoms with Gasteiger partial charge in [-0.25, -0.2) is 0 Å². The molecule has 2 aromatic carbocycles. The highest BCUT2D eigenvalue weighted by molar-refractivity contribution is 6.31. The van der Waals surface area contributed by atoms with Crippen LogP contribution in [-0.4, -0.2) is 20.5 Å². The van der Waals surface area contributed by atoms with Crippen molar-refractivity contribution in [2.45, 2.75) is 26.3 Å². The van der Waals surface area contributed by atoms with Gasteiger partial charge < -0.3 is 4.57 Å². The summed E-state index contributed by atoms with van der Waals surface area (Å²) >= 11 is 11.9. The third-order valence-electron chi connectivity index (χ3n) is 3.86. The molecule has 0 unspecified atom stereocenters. The van der Waals surface area contributed by atoms with E-state index in [4.69, 9.17) is 23.2 Å². The zero-order valence-electron chi connectivity index (χ0n) is 13.9. The third kappa shape index (κ3) is 3.91. The van der Waals surface area contributed by atoms with Crippen molar-refractivity contribution in [3.8, 4) is 0 Å². The maximum atomic E-state index is 12.9. The average molecular weight is 374 g/mol. The van der Waals surface area contributed by atoms with E-state index in [9.17, 15) is 4.79 Å². The van der Waals surface area contributed by atoms with Gasteiger partial charge in [-0.3, -0.25) is 4.79 Å². The van der Waals surface area contributed by atoms with E-state index in [1.807, 2.05) is 42.7 Å². The SMILES string of the molecule is CC(C)c1nnc(C(=O)c2ccc(Cl)cc2)n1Cc1ccc(Cl)cc1. The van der Waals surface area contributed by atoms with Crippen LogP contribution in [-0.2, 0) is 6.54 Å². The Balaban J connectivity index is 2.00. The number of carbonyl (C=O) groups excluding carboxylic acids is 1. The van der Waals surface area contributed by atoms with E-state index in [0.29, 0.717) is 28.0 Å². The summed E-state index contributed by atoms with van der Waals surface area (Å²) in [6, 6.07) is 14.3. The smallest absolute Gasteiger partial charge is 0.230 e. The van der Waals surface area contributed by atoms with Crippen molar-refractivity contribution >= 4 is 29.0 Å². The first-order chi connectivity index (χ1) is 12.0. The number of ketones is 1. The summed E-state index contributed by atoms with van der Waals surface area (Å²) in [4.78, 5) is 12.9. The van der Waals surface area contributed by atoms with Gasteiger partial charge in [-0.05, 0) is 42.0 Å². The van der Waals surface area contributed by atoms with E-state index in [1.54, 1.807) is 24.3 Å². The zero-order chi connectivity index (χ0) is 18.0. The van der Waals surface area contributed by atoms with Gasteiger partial charge in [0.1, 0.15) is 5.82 Å². The van der Waals surface area contributed by atoms with Crippen molar-refractivity contribution < 1.29 is 4.79 Å². The molecule has 0 atom stereocenters. The number of hydrogen-bond acceptors (Lipinski definition) is 3. The van der Waals surface area contributed by atoms with Gasteiger partial charge in [0.05, 0.1) is 6.54 Å². The van der Waals surface area contributed by atoms with E-state index in [2.05, 4.69) is 10.2 Å². The highest BCUT2D eigenvalue weighted by Crippen LogP contribution is 2.20. The van der Waals surface area contributed by atoms with E-state index in [0.717, 1.165) is 11.4 Å². The van der Waals surface area contributed by atoms with Gasteiger partial charge in [0, 0.05) is 21.5 Å². The summed E-state index contributed by atoms with van der Waals surface area (Å²) in [6.07, 6.45) is 0. The van der Waals surface area contributed by atoms with Crippen molar-refractivity contribution in [2.24, 2.45) is 0 Å². The van der Waals surface area contributed by atoms with Gasteiger partial charge >= 0.3 is 0 Å². The normalized spacial score (nSPS) is 11.1. The Morgan fingerprint density at radius 3 is 2.08 bits per heavy atom. The van der Waals surface area contributed by atoms with Gasteiger partial charge in [0.2, 0.25) is 11.6 Å².